The molecule has 0 saturated carbocycles. The second-order valence-corrected chi connectivity index (χ2v) is 8.21. The molecule has 26 heavy (non-hydrogen) atoms. The van der Waals surface area contributed by atoms with Crippen molar-refractivity contribution >= 4 is 56.5 Å². The average molecular weight is 437 g/mol. The zero-order chi connectivity index (χ0) is 19.5. The number of halogens is 3. The molecule has 0 heterocycles. The highest BCUT2D eigenvalue weighted by molar-refractivity contribution is 7.93. The first kappa shape index (κ1) is 20.8. The van der Waals surface area contributed by atoms with E-state index in [2.05, 4.69) is 0 Å². The van der Waals surface area contributed by atoms with E-state index in [1.807, 2.05) is 0 Å². The third kappa shape index (κ3) is 4.26. The van der Waals surface area contributed by atoms with Crippen LogP contribution in [-0.4, -0.2) is 27.5 Å². The molecule has 0 aliphatic heterocycles. The maximum atomic E-state index is 13.0. The van der Waals surface area contributed by atoms with Crippen molar-refractivity contribution in [1.29, 1.82) is 0 Å². The van der Waals surface area contributed by atoms with Crippen LogP contribution in [0, 0.1) is 0 Å². The van der Waals surface area contributed by atoms with Crippen LogP contribution in [0.2, 0.25) is 15.1 Å². The summed E-state index contributed by atoms with van der Waals surface area (Å²) in [6.07, 6.45) is 0. The molecule has 0 N–H and O–H groups in total. The maximum Gasteiger partial charge on any atom is 0.339 e. The number of ether oxygens (including phenoxy) is 1. The Labute approximate surface area is 167 Å². The van der Waals surface area contributed by atoms with Gasteiger partial charge in [-0.05, 0) is 50.2 Å². The quantitative estimate of drug-likeness (QED) is 0.595. The predicted octanol–water partition coefficient (Wildman–Crippen LogP) is 5.04. The van der Waals surface area contributed by atoms with Crippen molar-refractivity contribution in [2.45, 2.75) is 18.7 Å². The SMILES string of the molecule is CCOC(=O)c1ccc(N(CC)S(=O)(=O)c2cc(Cl)ccc2Cl)cc1Cl. The Balaban J connectivity index is 2.49. The molecule has 5 nitrogen and oxygen atoms in total. The van der Waals surface area contributed by atoms with Gasteiger partial charge < -0.3 is 4.74 Å². The molecule has 0 unspecified atom stereocenters. The first-order chi connectivity index (χ1) is 12.2. The third-order valence-electron chi connectivity index (χ3n) is 3.48. The van der Waals surface area contributed by atoms with Crippen LogP contribution < -0.4 is 4.31 Å². The Bertz CT molecular complexity index is 932. The fourth-order valence-corrected chi connectivity index (χ4v) is 4.78. The maximum absolute atomic E-state index is 13.0. The number of hydrogen-bond acceptors (Lipinski definition) is 4. The van der Waals surface area contributed by atoms with E-state index in [1.165, 1.54) is 36.4 Å². The lowest BCUT2D eigenvalue weighted by Crippen LogP contribution is -2.31. The molecule has 9 heteroatoms. The molecule has 0 aliphatic rings. The van der Waals surface area contributed by atoms with E-state index in [0.717, 1.165) is 4.31 Å². The van der Waals surface area contributed by atoms with E-state index < -0.39 is 16.0 Å². The van der Waals surface area contributed by atoms with E-state index in [-0.39, 0.29) is 38.7 Å². The molecule has 2 aromatic rings. The van der Waals surface area contributed by atoms with Crippen molar-refractivity contribution in [3.05, 3.63) is 57.0 Å². The van der Waals surface area contributed by atoms with Gasteiger partial charge in [-0.2, -0.15) is 0 Å². The lowest BCUT2D eigenvalue weighted by atomic mass is 10.2. The second-order valence-electron chi connectivity index (χ2n) is 5.13. The predicted molar refractivity (Wildman–Crippen MR) is 104 cm³/mol. The number of rotatable bonds is 6. The molecule has 0 atom stereocenters. The Morgan fingerprint density at radius 1 is 1.04 bits per heavy atom. The van der Waals surface area contributed by atoms with Crippen LogP contribution in [0.25, 0.3) is 0 Å². The van der Waals surface area contributed by atoms with Crippen molar-refractivity contribution < 1.29 is 17.9 Å². The largest absolute Gasteiger partial charge is 0.462 e. The summed E-state index contributed by atoms with van der Waals surface area (Å²) < 4.78 is 32.1. The minimum atomic E-state index is -3.98. The van der Waals surface area contributed by atoms with Gasteiger partial charge in [-0.25, -0.2) is 13.2 Å². The molecule has 0 fully saturated rings. The van der Waals surface area contributed by atoms with Gasteiger partial charge in [-0.1, -0.05) is 34.8 Å². The Hall–Kier alpha value is -1.47. The molecule has 140 valence electrons. The minimum absolute atomic E-state index is 0.0575. The van der Waals surface area contributed by atoms with Crippen LogP contribution in [0.3, 0.4) is 0 Å². The van der Waals surface area contributed by atoms with Crippen molar-refractivity contribution in [1.82, 2.24) is 0 Å². The minimum Gasteiger partial charge on any atom is -0.462 e. The van der Waals surface area contributed by atoms with Gasteiger partial charge in [0.1, 0.15) is 4.90 Å². The first-order valence-corrected chi connectivity index (χ1v) is 10.2. The highest BCUT2D eigenvalue weighted by Crippen LogP contribution is 2.32. The summed E-state index contributed by atoms with van der Waals surface area (Å²) in [4.78, 5) is 11.7. The van der Waals surface area contributed by atoms with Gasteiger partial charge in [0, 0.05) is 11.6 Å². The Morgan fingerprint density at radius 2 is 1.73 bits per heavy atom. The number of carbonyl (C=O) groups is 1. The number of hydrogen-bond donors (Lipinski definition) is 0. The fraction of sp³-hybridized carbons (Fsp3) is 0.235. The topological polar surface area (TPSA) is 63.7 Å². The molecule has 0 aliphatic carbocycles. The van der Waals surface area contributed by atoms with Gasteiger partial charge >= 0.3 is 5.97 Å². The molecule has 0 bridgehead atoms. The smallest absolute Gasteiger partial charge is 0.339 e. The number of anilines is 1. The van der Waals surface area contributed by atoms with Crippen LogP contribution in [-0.2, 0) is 14.8 Å². The monoisotopic (exact) mass is 435 g/mol. The van der Waals surface area contributed by atoms with Crippen LogP contribution in [0.1, 0.15) is 24.2 Å². The van der Waals surface area contributed by atoms with E-state index in [1.54, 1.807) is 13.8 Å². The zero-order valence-corrected chi connectivity index (χ0v) is 17.1. The standard InChI is InChI=1S/C17H16Cl3NO4S/c1-3-21(26(23,24)16-9-11(18)5-8-14(16)19)12-6-7-13(15(20)10-12)17(22)25-4-2/h5-10H,3-4H2,1-2H3. The van der Waals surface area contributed by atoms with Crippen LogP contribution in [0.5, 0.6) is 0 Å². The Morgan fingerprint density at radius 3 is 2.31 bits per heavy atom. The lowest BCUT2D eigenvalue weighted by Gasteiger charge is -2.24. The average Bonchev–Trinajstić information content (AvgIpc) is 2.57. The summed E-state index contributed by atoms with van der Waals surface area (Å²) in [6, 6.07) is 8.51. The van der Waals surface area contributed by atoms with E-state index in [0.29, 0.717) is 5.69 Å². The van der Waals surface area contributed by atoms with Gasteiger partial charge in [0.15, 0.2) is 0 Å². The molecule has 0 saturated heterocycles. The van der Waals surface area contributed by atoms with Crippen molar-refractivity contribution in [2.75, 3.05) is 17.5 Å². The van der Waals surface area contributed by atoms with Crippen LogP contribution >= 0.6 is 34.8 Å². The summed E-state index contributed by atoms with van der Waals surface area (Å²) in [6.45, 7) is 3.68. The van der Waals surface area contributed by atoms with Gasteiger partial charge in [0.25, 0.3) is 10.0 Å². The van der Waals surface area contributed by atoms with Crippen LogP contribution in [0.4, 0.5) is 5.69 Å². The van der Waals surface area contributed by atoms with E-state index >= 15 is 0 Å². The molecule has 2 aromatic carbocycles. The number of esters is 1. The van der Waals surface area contributed by atoms with Gasteiger partial charge in [-0.3, -0.25) is 4.31 Å². The number of benzene rings is 2. The van der Waals surface area contributed by atoms with Crippen molar-refractivity contribution in [2.24, 2.45) is 0 Å². The fourth-order valence-electron chi connectivity index (χ4n) is 2.32. The van der Waals surface area contributed by atoms with Crippen LogP contribution in [0.15, 0.2) is 41.3 Å². The molecule has 0 radical (unpaired) electrons. The van der Waals surface area contributed by atoms with E-state index in [9.17, 15) is 13.2 Å². The molecule has 0 spiro atoms. The van der Waals surface area contributed by atoms with E-state index in [4.69, 9.17) is 39.5 Å². The summed E-state index contributed by atoms with van der Waals surface area (Å²) in [5.41, 5.74) is 0.452. The number of nitrogens with zero attached hydrogens (tertiary/aromatic N) is 1. The summed E-state index contributed by atoms with van der Waals surface area (Å²) in [5.74, 6) is -0.576. The highest BCUT2D eigenvalue weighted by Gasteiger charge is 2.27. The second kappa shape index (κ2) is 8.48. The summed E-state index contributed by atoms with van der Waals surface area (Å²) >= 11 is 18.1. The van der Waals surface area contributed by atoms with Crippen molar-refractivity contribution in [3.8, 4) is 0 Å². The van der Waals surface area contributed by atoms with Crippen molar-refractivity contribution in [3.63, 3.8) is 0 Å². The lowest BCUT2D eigenvalue weighted by molar-refractivity contribution is 0.0526. The Kier molecular flexibility index (Phi) is 6.80. The summed E-state index contributed by atoms with van der Waals surface area (Å²) in [5, 5.41) is 0.397. The first-order valence-electron chi connectivity index (χ1n) is 7.66. The molecule has 2 rings (SSSR count). The number of sulfonamides is 1. The van der Waals surface area contributed by atoms with Gasteiger partial charge in [0.2, 0.25) is 0 Å². The highest BCUT2D eigenvalue weighted by atomic mass is 35.5. The zero-order valence-electron chi connectivity index (χ0n) is 14.0. The van der Waals surface area contributed by atoms with Gasteiger partial charge in [-0.15, -0.1) is 0 Å². The molecule has 0 amide bonds. The van der Waals surface area contributed by atoms with Gasteiger partial charge in [0.05, 0.1) is 27.9 Å². The third-order valence-corrected chi connectivity index (χ3v) is 6.42. The molecular formula is C17H16Cl3NO4S. The number of carbonyl (C=O) groups excluding carboxylic acids is 1. The molecule has 0 aromatic heterocycles. The molecular weight excluding hydrogens is 421 g/mol. The summed E-state index contributed by atoms with van der Waals surface area (Å²) in [7, 11) is -3.98. The normalized spacial score (nSPS) is 11.3.